The second-order valence-electron chi connectivity index (χ2n) is 6.58. The first-order valence-corrected chi connectivity index (χ1v) is 10.2. The number of carbonyl (C=O) groups excluding carboxylic acids is 1. The van der Waals surface area contributed by atoms with Crippen LogP contribution in [0.2, 0.25) is 0 Å². The molecule has 0 bridgehead atoms. The fourth-order valence-corrected chi connectivity index (χ4v) is 3.85. The number of nitrogens with one attached hydrogen (secondary N) is 2. The molecule has 0 aliphatic carbocycles. The van der Waals surface area contributed by atoms with Crippen molar-refractivity contribution >= 4 is 47.2 Å². The Labute approximate surface area is 189 Å². The van der Waals surface area contributed by atoms with Crippen LogP contribution in [0.1, 0.15) is 29.2 Å². The van der Waals surface area contributed by atoms with Crippen molar-refractivity contribution in [3.63, 3.8) is 0 Å². The van der Waals surface area contributed by atoms with Gasteiger partial charge in [0.1, 0.15) is 0 Å². The van der Waals surface area contributed by atoms with E-state index in [9.17, 15) is 4.79 Å². The molecule has 1 heterocycles. The van der Waals surface area contributed by atoms with Gasteiger partial charge < -0.3 is 15.5 Å². The number of nitrogens with zero attached hydrogens (tertiary/aromatic N) is 2. The van der Waals surface area contributed by atoms with Crippen LogP contribution in [0.5, 0.6) is 0 Å². The van der Waals surface area contributed by atoms with Gasteiger partial charge in [-0.25, -0.2) is 0 Å². The lowest BCUT2D eigenvalue weighted by Crippen LogP contribution is -2.47. The maximum atomic E-state index is 12.6. The molecular weight excluding hydrogens is 483 g/mol. The standard InChI is InChI=1S/C21H30N4OS.HI/c1-5-25(15-18-9-7-6-8-10-18)20(26)14-23-21(22-4)24-16(2)13-19-12-11-17(3)27-19;/h6-12,16H,5,13-15H2,1-4H3,(H2,22,23,24);1H. The minimum absolute atomic E-state index is 0. The smallest absolute Gasteiger partial charge is 0.242 e. The van der Waals surface area contributed by atoms with Gasteiger partial charge in [0.25, 0.3) is 0 Å². The van der Waals surface area contributed by atoms with Gasteiger partial charge in [-0.05, 0) is 38.5 Å². The van der Waals surface area contributed by atoms with Crippen LogP contribution < -0.4 is 10.6 Å². The molecule has 7 heteroatoms. The molecule has 0 saturated carbocycles. The molecule has 0 saturated heterocycles. The Morgan fingerprint density at radius 1 is 1.21 bits per heavy atom. The van der Waals surface area contributed by atoms with Crippen LogP contribution in [0.4, 0.5) is 0 Å². The van der Waals surface area contributed by atoms with Crippen LogP contribution in [-0.2, 0) is 17.8 Å². The van der Waals surface area contributed by atoms with E-state index < -0.39 is 0 Å². The zero-order valence-corrected chi connectivity index (χ0v) is 20.2. The summed E-state index contributed by atoms with van der Waals surface area (Å²) in [5.74, 6) is 0.714. The van der Waals surface area contributed by atoms with E-state index in [1.165, 1.54) is 9.75 Å². The zero-order chi connectivity index (χ0) is 19.6. The van der Waals surface area contributed by atoms with Crippen LogP contribution in [0.25, 0.3) is 0 Å². The number of hydrogen-bond acceptors (Lipinski definition) is 3. The predicted octanol–water partition coefficient (Wildman–Crippen LogP) is 3.82. The van der Waals surface area contributed by atoms with E-state index in [4.69, 9.17) is 0 Å². The van der Waals surface area contributed by atoms with Gasteiger partial charge in [0.2, 0.25) is 5.91 Å². The lowest BCUT2D eigenvalue weighted by Gasteiger charge is -2.23. The van der Waals surface area contributed by atoms with Crippen molar-refractivity contribution in [1.29, 1.82) is 0 Å². The van der Waals surface area contributed by atoms with Gasteiger partial charge >= 0.3 is 0 Å². The second-order valence-corrected chi connectivity index (χ2v) is 7.95. The van der Waals surface area contributed by atoms with Crippen molar-refractivity contribution in [3.8, 4) is 0 Å². The molecule has 0 aliphatic rings. The fraction of sp³-hybridized carbons (Fsp3) is 0.429. The number of benzene rings is 1. The van der Waals surface area contributed by atoms with Crippen LogP contribution in [0.3, 0.4) is 0 Å². The molecule has 154 valence electrons. The van der Waals surface area contributed by atoms with Crippen molar-refractivity contribution in [1.82, 2.24) is 15.5 Å². The van der Waals surface area contributed by atoms with Crippen LogP contribution in [-0.4, -0.2) is 42.9 Å². The Kier molecular flexibility index (Phi) is 11.1. The summed E-state index contributed by atoms with van der Waals surface area (Å²) >= 11 is 1.82. The topological polar surface area (TPSA) is 56.7 Å². The highest BCUT2D eigenvalue weighted by molar-refractivity contribution is 14.0. The van der Waals surface area contributed by atoms with Gasteiger partial charge in [-0.1, -0.05) is 30.3 Å². The molecule has 1 aromatic heterocycles. The molecule has 5 nitrogen and oxygen atoms in total. The van der Waals surface area contributed by atoms with Gasteiger partial charge in [-0.15, -0.1) is 35.3 Å². The number of halogens is 1. The summed E-state index contributed by atoms with van der Waals surface area (Å²) in [5.41, 5.74) is 1.13. The molecule has 1 atom stereocenters. The monoisotopic (exact) mass is 514 g/mol. The molecule has 0 aliphatic heterocycles. The highest BCUT2D eigenvalue weighted by Gasteiger charge is 2.14. The van der Waals surface area contributed by atoms with Crippen LogP contribution in [0.15, 0.2) is 47.5 Å². The van der Waals surface area contributed by atoms with E-state index in [1.807, 2.05) is 53.5 Å². The second kappa shape index (κ2) is 12.8. The number of hydrogen-bond donors (Lipinski definition) is 2. The molecule has 1 amide bonds. The Morgan fingerprint density at radius 2 is 1.93 bits per heavy atom. The fourth-order valence-electron chi connectivity index (χ4n) is 2.83. The number of aliphatic imine (C=N–C) groups is 1. The summed E-state index contributed by atoms with van der Waals surface area (Å²) in [6.07, 6.45) is 0.933. The molecular formula is C21H31IN4OS. The van der Waals surface area contributed by atoms with Gasteiger partial charge in [0, 0.05) is 42.4 Å². The van der Waals surface area contributed by atoms with Crippen LogP contribution >= 0.6 is 35.3 Å². The maximum absolute atomic E-state index is 12.6. The lowest BCUT2D eigenvalue weighted by atomic mass is 10.2. The van der Waals surface area contributed by atoms with Gasteiger partial charge in [0.05, 0.1) is 6.54 Å². The minimum Gasteiger partial charge on any atom is -0.354 e. The Hall–Kier alpha value is -1.61. The van der Waals surface area contributed by atoms with E-state index in [2.05, 4.69) is 41.6 Å². The molecule has 2 N–H and O–H groups in total. The summed E-state index contributed by atoms with van der Waals surface area (Å²) < 4.78 is 0. The van der Waals surface area contributed by atoms with E-state index in [0.717, 1.165) is 12.0 Å². The molecule has 28 heavy (non-hydrogen) atoms. The first kappa shape index (κ1) is 24.4. The van der Waals surface area contributed by atoms with E-state index >= 15 is 0 Å². The highest BCUT2D eigenvalue weighted by atomic mass is 127. The third kappa shape index (κ3) is 8.18. The quantitative estimate of drug-likeness (QED) is 0.320. The lowest BCUT2D eigenvalue weighted by molar-refractivity contribution is -0.130. The van der Waals surface area contributed by atoms with Crippen molar-refractivity contribution in [3.05, 3.63) is 57.8 Å². The van der Waals surface area contributed by atoms with Crippen molar-refractivity contribution in [2.75, 3.05) is 20.1 Å². The van der Waals surface area contributed by atoms with Gasteiger partial charge in [0.15, 0.2) is 5.96 Å². The molecule has 0 fully saturated rings. The Morgan fingerprint density at radius 3 is 2.50 bits per heavy atom. The van der Waals surface area contributed by atoms with E-state index in [0.29, 0.717) is 19.0 Å². The predicted molar refractivity (Wildman–Crippen MR) is 130 cm³/mol. The SMILES string of the molecule is CCN(Cc1ccccc1)C(=O)CNC(=NC)NC(C)Cc1ccc(C)s1.I. The summed E-state index contributed by atoms with van der Waals surface area (Å²) in [6.45, 7) is 7.77. The van der Waals surface area contributed by atoms with Crippen LogP contribution in [0, 0.1) is 6.92 Å². The summed E-state index contributed by atoms with van der Waals surface area (Å²) in [7, 11) is 1.73. The molecule has 2 aromatic rings. The number of thiophene rings is 1. The van der Waals surface area contributed by atoms with Crippen molar-refractivity contribution < 1.29 is 4.79 Å². The number of aryl methyl sites for hydroxylation is 1. The largest absolute Gasteiger partial charge is 0.354 e. The highest BCUT2D eigenvalue weighted by Crippen LogP contribution is 2.16. The average molecular weight is 514 g/mol. The number of amides is 1. The number of rotatable bonds is 8. The first-order chi connectivity index (χ1) is 13.0. The molecule has 1 unspecified atom stereocenters. The Balaban J connectivity index is 0.00000392. The van der Waals surface area contributed by atoms with Crippen molar-refractivity contribution in [2.24, 2.45) is 4.99 Å². The molecule has 2 rings (SSSR count). The molecule has 0 spiro atoms. The maximum Gasteiger partial charge on any atom is 0.242 e. The van der Waals surface area contributed by atoms with Crippen molar-refractivity contribution in [2.45, 2.75) is 39.8 Å². The molecule has 0 radical (unpaired) electrons. The summed E-state index contributed by atoms with van der Waals surface area (Å²) in [5, 5.41) is 6.50. The van der Waals surface area contributed by atoms with Gasteiger partial charge in [-0.3, -0.25) is 9.79 Å². The van der Waals surface area contributed by atoms with E-state index in [1.54, 1.807) is 7.05 Å². The van der Waals surface area contributed by atoms with E-state index in [-0.39, 0.29) is 42.5 Å². The Bertz CT molecular complexity index is 748. The minimum atomic E-state index is 0. The zero-order valence-electron chi connectivity index (χ0n) is 17.1. The third-order valence-corrected chi connectivity index (χ3v) is 5.29. The van der Waals surface area contributed by atoms with Gasteiger partial charge in [-0.2, -0.15) is 0 Å². The summed E-state index contributed by atoms with van der Waals surface area (Å²) in [6, 6.07) is 14.6. The number of likely N-dealkylation sites (N-methyl/N-ethyl adjacent to an activating group) is 1. The number of guanidine groups is 1. The third-order valence-electron chi connectivity index (χ3n) is 4.27. The average Bonchev–Trinajstić information content (AvgIpc) is 3.08. The normalized spacial score (nSPS) is 12.1. The first-order valence-electron chi connectivity index (χ1n) is 9.36. The number of carbonyl (C=O) groups is 1. The molecule has 1 aromatic carbocycles. The summed E-state index contributed by atoms with van der Waals surface area (Å²) in [4.78, 5) is 21.3.